The number of carbonyl (C=O) groups is 1. The molecule has 0 saturated heterocycles. The Kier molecular flexibility index (Phi) is 5.56. The summed E-state index contributed by atoms with van der Waals surface area (Å²) in [6.45, 7) is 8.34. The molecule has 0 unspecified atom stereocenters. The predicted molar refractivity (Wildman–Crippen MR) is 100 cm³/mol. The molecule has 0 radical (unpaired) electrons. The van der Waals surface area contributed by atoms with Gasteiger partial charge in [0.25, 0.3) is 11.5 Å². The summed E-state index contributed by atoms with van der Waals surface area (Å²) in [5.41, 5.74) is 2.72. The summed E-state index contributed by atoms with van der Waals surface area (Å²) in [5, 5.41) is 7.44. The Balaban J connectivity index is 1.68. The van der Waals surface area contributed by atoms with E-state index >= 15 is 0 Å². The smallest absolute Gasteiger partial charge is 0.263 e. The zero-order valence-corrected chi connectivity index (χ0v) is 15.8. The maximum atomic E-state index is 12.4. The summed E-state index contributed by atoms with van der Waals surface area (Å²) >= 11 is 0. The maximum absolute atomic E-state index is 12.4. The highest BCUT2D eigenvalue weighted by atomic mass is 16.2. The Morgan fingerprint density at radius 1 is 1.31 bits per heavy atom. The highest BCUT2D eigenvalue weighted by Crippen LogP contribution is 2.14. The third-order valence-electron chi connectivity index (χ3n) is 4.91. The molecule has 0 fully saturated rings. The van der Waals surface area contributed by atoms with Crippen LogP contribution in [-0.2, 0) is 26.7 Å². The number of amides is 1. The van der Waals surface area contributed by atoms with Crippen LogP contribution in [0.15, 0.2) is 23.0 Å². The summed E-state index contributed by atoms with van der Waals surface area (Å²) in [6.07, 6.45) is 2.22. The van der Waals surface area contributed by atoms with Crippen LogP contribution >= 0.6 is 0 Å². The molecule has 1 N–H and O–H groups in total. The molecule has 3 rings (SSSR count). The second-order valence-corrected chi connectivity index (χ2v) is 6.92. The van der Waals surface area contributed by atoms with Gasteiger partial charge in [0.2, 0.25) is 0 Å². The molecule has 2 aromatic heterocycles. The van der Waals surface area contributed by atoms with Crippen LogP contribution in [0.5, 0.6) is 0 Å². The molecule has 0 saturated carbocycles. The van der Waals surface area contributed by atoms with E-state index in [1.54, 1.807) is 19.2 Å². The van der Waals surface area contributed by atoms with Gasteiger partial charge in [-0.05, 0) is 44.5 Å². The molecule has 0 spiro atoms. The number of carbonyl (C=O) groups excluding carboxylic acids is 1. The first-order valence-corrected chi connectivity index (χ1v) is 9.22. The monoisotopic (exact) mass is 357 g/mol. The van der Waals surface area contributed by atoms with Crippen LogP contribution in [0.2, 0.25) is 0 Å². The van der Waals surface area contributed by atoms with Crippen molar-refractivity contribution in [2.45, 2.75) is 46.3 Å². The summed E-state index contributed by atoms with van der Waals surface area (Å²) in [4.78, 5) is 27.0. The van der Waals surface area contributed by atoms with Crippen molar-refractivity contribution in [3.63, 3.8) is 0 Å². The average Bonchev–Trinajstić information content (AvgIpc) is 2.90. The Morgan fingerprint density at radius 2 is 2.12 bits per heavy atom. The van der Waals surface area contributed by atoms with Crippen molar-refractivity contribution in [1.82, 2.24) is 24.6 Å². The van der Waals surface area contributed by atoms with Gasteiger partial charge in [0.15, 0.2) is 0 Å². The summed E-state index contributed by atoms with van der Waals surface area (Å²) in [7, 11) is 1.67. The minimum absolute atomic E-state index is 0.160. The lowest BCUT2D eigenvalue weighted by molar-refractivity contribution is 0.0948. The Labute approximate surface area is 153 Å². The summed E-state index contributed by atoms with van der Waals surface area (Å²) in [6, 6.07) is 5.41. The number of rotatable bonds is 5. The second-order valence-electron chi connectivity index (χ2n) is 6.92. The Bertz CT molecular complexity index is 852. The zero-order chi connectivity index (χ0) is 18.7. The van der Waals surface area contributed by atoms with Crippen molar-refractivity contribution in [2.24, 2.45) is 7.05 Å². The Hall–Kier alpha value is -2.41. The molecule has 1 aliphatic rings. The van der Waals surface area contributed by atoms with Gasteiger partial charge >= 0.3 is 0 Å². The topological polar surface area (TPSA) is 72.2 Å². The van der Waals surface area contributed by atoms with Gasteiger partial charge < -0.3 is 9.88 Å². The number of nitrogens with one attached hydrogen (secondary N) is 1. The Morgan fingerprint density at radius 3 is 2.88 bits per heavy atom. The summed E-state index contributed by atoms with van der Waals surface area (Å²) < 4.78 is 3.53. The number of pyridine rings is 1. The highest BCUT2D eigenvalue weighted by Gasteiger charge is 2.17. The lowest BCUT2D eigenvalue weighted by Gasteiger charge is -2.17. The van der Waals surface area contributed by atoms with Crippen LogP contribution in [0, 0.1) is 6.92 Å². The molecule has 7 heteroatoms. The van der Waals surface area contributed by atoms with E-state index in [0.29, 0.717) is 6.54 Å². The fraction of sp³-hybridized carbons (Fsp3) is 0.526. The van der Waals surface area contributed by atoms with E-state index in [9.17, 15) is 9.59 Å². The van der Waals surface area contributed by atoms with Crippen molar-refractivity contribution in [2.75, 3.05) is 13.1 Å². The molecule has 0 atom stereocenters. The van der Waals surface area contributed by atoms with E-state index in [4.69, 9.17) is 0 Å². The van der Waals surface area contributed by atoms with Gasteiger partial charge in [-0.25, -0.2) is 0 Å². The third-order valence-corrected chi connectivity index (χ3v) is 4.91. The van der Waals surface area contributed by atoms with Gasteiger partial charge in [0.1, 0.15) is 5.56 Å². The van der Waals surface area contributed by atoms with Gasteiger partial charge in [0, 0.05) is 32.4 Å². The number of fused-ring (bicyclic) bond motifs is 1. The van der Waals surface area contributed by atoms with E-state index in [1.165, 1.54) is 10.3 Å². The SMILES string of the molecule is CCCN1CCCn2nc(CNC(=O)c3ccc(C)n(C)c3=O)cc2C1. The van der Waals surface area contributed by atoms with Gasteiger partial charge in [-0.1, -0.05) is 6.92 Å². The van der Waals surface area contributed by atoms with Crippen molar-refractivity contribution in [1.29, 1.82) is 0 Å². The molecule has 0 bridgehead atoms. The molecule has 1 aliphatic heterocycles. The number of hydrogen-bond donors (Lipinski definition) is 1. The molecule has 140 valence electrons. The molecule has 2 aromatic rings. The van der Waals surface area contributed by atoms with E-state index in [2.05, 4.69) is 28.3 Å². The van der Waals surface area contributed by atoms with E-state index in [0.717, 1.165) is 50.4 Å². The zero-order valence-electron chi connectivity index (χ0n) is 15.8. The molecule has 26 heavy (non-hydrogen) atoms. The van der Waals surface area contributed by atoms with E-state index < -0.39 is 0 Å². The molecule has 1 amide bonds. The lowest BCUT2D eigenvalue weighted by atomic mass is 10.2. The second kappa shape index (κ2) is 7.86. The van der Waals surface area contributed by atoms with Crippen LogP contribution in [0.1, 0.15) is 47.2 Å². The van der Waals surface area contributed by atoms with Gasteiger partial charge in [-0.3, -0.25) is 19.2 Å². The first kappa shape index (κ1) is 18.4. The van der Waals surface area contributed by atoms with E-state index in [1.807, 2.05) is 11.6 Å². The minimum Gasteiger partial charge on any atom is -0.346 e. The first-order chi connectivity index (χ1) is 12.5. The summed E-state index contributed by atoms with van der Waals surface area (Å²) in [5.74, 6) is -0.360. The van der Waals surface area contributed by atoms with Crippen molar-refractivity contribution < 1.29 is 4.79 Å². The van der Waals surface area contributed by atoms with Crippen molar-refractivity contribution in [3.8, 4) is 0 Å². The average molecular weight is 357 g/mol. The molecule has 7 nitrogen and oxygen atoms in total. The van der Waals surface area contributed by atoms with Gasteiger partial charge in [-0.2, -0.15) is 5.10 Å². The number of hydrogen-bond acceptors (Lipinski definition) is 4. The number of nitrogens with zero attached hydrogens (tertiary/aromatic N) is 4. The minimum atomic E-state index is -0.360. The largest absolute Gasteiger partial charge is 0.346 e. The molecule has 0 aromatic carbocycles. The maximum Gasteiger partial charge on any atom is 0.263 e. The highest BCUT2D eigenvalue weighted by molar-refractivity contribution is 5.93. The van der Waals surface area contributed by atoms with Crippen LogP contribution in [0.3, 0.4) is 0 Å². The standard InChI is InChI=1S/C19H27N5O2/c1-4-8-23-9-5-10-24-16(13-23)11-15(21-24)12-20-18(25)17-7-6-14(2)22(3)19(17)26/h6-7,11H,4-5,8-10,12-13H2,1-3H3,(H,20,25). The van der Waals surface area contributed by atoms with Crippen LogP contribution in [0.4, 0.5) is 0 Å². The van der Waals surface area contributed by atoms with E-state index in [-0.39, 0.29) is 17.0 Å². The third kappa shape index (κ3) is 3.88. The number of aryl methyl sites for hydroxylation is 2. The van der Waals surface area contributed by atoms with Crippen molar-refractivity contribution >= 4 is 5.91 Å². The quantitative estimate of drug-likeness (QED) is 0.879. The lowest BCUT2D eigenvalue weighted by Crippen LogP contribution is -2.32. The normalized spacial score (nSPS) is 14.7. The molecular weight excluding hydrogens is 330 g/mol. The van der Waals surface area contributed by atoms with Crippen LogP contribution < -0.4 is 10.9 Å². The molecule has 0 aliphatic carbocycles. The van der Waals surface area contributed by atoms with Gasteiger partial charge in [0.05, 0.1) is 17.9 Å². The van der Waals surface area contributed by atoms with Crippen molar-refractivity contribution in [3.05, 3.63) is 51.2 Å². The fourth-order valence-corrected chi connectivity index (χ4v) is 3.35. The van der Waals surface area contributed by atoms with Crippen LogP contribution in [0.25, 0.3) is 0 Å². The fourth-order valence-electron chi connectivity index (χ4n) is 3.35. The number of aromatic nitrogens is 3. The molecular formula is C19H27N5O2. The predicted octanol–water partition coefficient (Wildman–Crippen LogP) is 1.44. The first-order valence-electron chi connectivity index (χ1n) is 9.22. The van der Waals surface area contributed by atoms with Crippen LogP contribution in [-0.4, -0.2) is 38.2 Å². The van der Waals surface area contributed by atoms with Gasteiger partial charge in [-0.15, -0.1) is 0 Å². The molecule has 3 heterocycles.